The average molecular weight is 347 g/mol. The maximum Gasteiger partial charge on any atom is 0.235 e. The highest BCUT2D eigenvalue weighted by Crippen LogP contribution is 2.36. The number of rotatable bonds is 5. The Morgan fingerprint density at radius 2 is 2.12 bits per heavy atom. The van der Waals surface area contributed by atoms with Gasteiger partial charge in [0.25, 0.3) is 0 Å². The van der Waals surface area contributed by atoms with Crippen LogP contribution in [0.1, 0.15) is 26.5 Å². The van der Waals surface area contributed by atoms with E-state index in [1.807, 2.05) is 44.4 Å². The lowest BCUT2D eigenvalue weighted by molar-refractivity contribution is -0.122. The summed E-state index contributed by atoms with van der Waals surface area (Å²) in [7, 11) is 0. The zero-order valence-corrected chi connectivity index (χ0v) is 14.8. The summed E-state index contributed by atoms with van der Waals surface area (Å²) in [5, 5.41) is 6.09. The van der Waals surface area contributed by atoms with Crippen LogP contribution in [0.25, 0.3) is 10.6 Å². The molecule has 0 spiro atoms. The number of hydrogen-bond donors (Lipinski definition) is 2. The predicted molar refractivity (Wildman–Crippen MR) is 93.0 cm³/mol. The van der Waals surface area contributed by atoms with Crippen molar-refractivity contribution in [1.82, 2.24) is 10.3 Å². The number of carbonyl (C=O) groups excluding carboxylic acids is 1. The van der Waals surface area contributed by atoms with Crippen molar-refractivity contribution in [2.45, 2.75) is 33.4 Å². The number of fused-ring (bicyclic) bond motifs is 1. The number of thiazole rings is 1. The lowest BCUT2D eigenvalue weighted by Gasteiger charge is -2.28. The number of benzene rings is 1. The summed E-state index contributed by atoms with van der Waals surface area (Å²) >= 11 is 1.55. The van der Waals surface area contributed by atoms with Crippen LogP contribution in [0.2, 0.25) is 0 Å². The van der Waals surface area contributed by atoms with Crippen LogP contribution in [0.5, 0.6) is 11.5 Å². The highest BCUT2D eigenvalue weighted by molar-refractivity contribution is 7.13. The average Bonchev–Trinajstić information content (AvgIpc) is 3.13. The molecular formula is C17H21N3O3S. The Hall–Kier alpha value is -2.12. The molecule has 1 aromatic carbocycles. The molecule has 1 amide bonds. The number of primary amides is 1. The maximum absolute atomic E-state index is 11.6. The Kier molecular flexibility index (Phi) is 4.47. The Bertz CT molecular complexity index is 752. The third-order valence-electron chi connectivity index (χ3n) is 3.81. The van der Waals surface area contributed by atoms with Gasteiger partial charge in [0.1, 0.15) is 5.01 Å². The zero-order valence-electron chi connectivity index (χ0n) is 14.0. The van der Waals surface area contributed by atoms with Gasteiger partial charge in [0, 0.05) is 17.5 Å². The number of nitrogens with zero attached hydrogens (tertiary/aromatic N) is 1. The molecule has 0 saturated heterocycles. The van der Waals surface area contributed by atoms with Crippen LogP contribution in [0.3, 0.4) is 0 Å². The fourth-order valence-corrected chi connectivity index (χ4v) is 3.41. The number of nitrogens with one attached hydrogen (secondary N) is 1. The second-order valence-electron chi connectivity index (χ2n) is 6.79. The van der Waals surface area contributed by atoms with Gasteiger partial charge in [-0.05, 0) is 23.6 Å². The van der Waals surface area contributed by atoms with Gasteiger partial charge in [0.15, 0.2) is 11.5 Å². The topological polar surface area (TPSA) is 86.5 Å². The van der Waals surface area contributed by atoms with Crippen LogP contribution >= 0.6 is 11.3 Å². The molecule has 7 heteroatoms. The lowest BCUT2D eigenvalue weighted by Crippen LogP contribution is -2.49. The van der Waals surface area contributed by atoms with E-state index in [2.05, 4.69) is 10.3 Å². The van der Waals surface area contributed by atoms with Gasteiger partial charge in [-0.2, -0.15) is 0 Å². The first-order chi connectivity index (χ1) is 11.3. The number of amides is 1. The van der Waals surface area contributed by atoms with E-state index in [9.17, 15) is 4.79 Å². The third-order valence-corrected chi connectivity index (χ3v) is 4.75. The molecule has 0 fully saturated rings. The number of aromatic nitrogens is 1. The van der Waals surface area contributed by atoms with Gasteiger partial charge in [-0.3, -0.25) is 10.1 Å². The molecule has 1 aliphatic rings. The maximum atomic E-state index is 11.6. The van der Waals surface area contributed by atoms with Crippen molar-refractivity contribution < 1.29 is 14.3 Å². The van der Waals surface area contributed by atoms with E-state index in [1.54, 1.807) is 11.3 Å². The smallest absolute Gasteiger partial charge is 0.235 e. The van der Waals surface area contributed by atoms with E-state index in [4.69, 9.17) is 15.2 Å². The third kappa shape index (κ3) is 3.52. The van der Waals surface area contributed by atoms with Crippen molar-refractivity contribution >= 4 is 17.2 Å². The van der Waals surface area contributed by atoms with Crippen molar-refractivity contribution in [2.75, 3.05) is 6.79 Å². The van der Waals surface area contributed by atoms with Gasteiger partial charge in [0.05, 0.1) is 11.7 Å². The molecule has 24 heavy (non-hydrogen) atoms. The fraction of sp³-hybridized carbons (Fsp3) is 0.412. The van der Waals surface area contributed by atoms with Crippen LogP contribution < -0.4 is 20.5 Å². The molecule has 6 nitrogen and oxygen atoms in total. The minimum atomic E-state index is -0.409. The van der Waals surface area contributed by atoms with Crippen LogP contribution in [0, 0.1) is 5.41 Å². The highest BCUT2D eigenvalue weighted by Gasteiger charge is 2.29. The Labute approximate surface area is 145 Å². The first kappa shape index (κ1) is 16.7. The van der Waals surface area contributed by atoms with Gasteiger partial charge < -0.3 is 15.2 Å². The minimum Gasteiger partial charge on any atom is -0.454 e. The number of carbonyl (C=O) groups is 1. The summed E-state index contributed by atoms with van der Waals surface area (Å²) < 4.78 is 10.7. The second-order valence-corrected chi connectivity index (χ2v) is 7.65. The Morgan fingerprint density at radius 3 is 2.83 bits per heavy atom. The minimum absolute atomic E-state index is 0.248. The highest BCUT2D eigenvalue weighted by atomic mass is 32.1. The molecule has 2 heterocycles. The van der Waals surface area contributed by atoms with E-state index in [-0.39, 0.29) is 18.1 Å². The summed E-state index contributed by atoms with van der Waals surface area (Å²) in [4.78, 5) is 16.2. The summed E-state index contributed by atoms with van der Waals surface area (Å²) in [6.07, 6.45) is 0. The molecular weight excluding hydrogens is 326 g/mol. The molecule has 0 bridgehead atoms. The Balaban J connectivity index is 1.71. The summed E-state index contributed by atoms with van der Waals surface area (Å²) in [6, 6.07) is 5.37. The van der Waals surface area contributed by atoms with E-state index in [0.717, 1.165) is 27.8 Å². The molecule has 1 aliphatic heterocycles. The molecule has 1 unspecified atom stereocenters. The van der Waals surface area contributed by atoms with Crippen LogP contribution in [-0.4, -0.2) is 23.7 Å². The van der Waals surface area contributed by atoms with Crippen molar-refractivity contribution in [2.24, 2.45) is 11.1 Å². The van der Waals surface area contributed by atoms with Crippen molar-refractivity contribution in [3.63, 3.8) is 0 Å². The standard InChI is InChI=1S/C17H21N3O3S/c1-17(2,3)14(15(18)21)19-7-11-8-24-16(20-11)10-4-5-12-13(6-10)23-9-22-12/h4-6,8,14,19H,7,9H2,1-3H3,(H2,18,21). The van der Waals surface area contributed by atoms with Crippen LogP contribution in [0.15, 0.2) is 23.6 Å². The van der Waals surface area contributed by atoms with Crippen LogP contribution in [0.4, 0.5) is 0 Å². The first-order valence-corrected chi connectivity index (χ1v) is 8.59. The number of hydrogen-bond acceptors (Lipinski definition) is 6. The van der Waals surface area contributed by atoms with Gasteiger partial charge in [-0.15, -0.1) is 11.3 Å². The molecule has 1 aromatic heterocycles. The molecule has 0 saturated carbocycles. The molecule has 2 aromatic rings. The summed E-state index contributed by atoms with van der Waals surface area (Å²) in [5.41, 5.74) is 7.10. The normalized spacial score (nSPS) is 14.6. The van der Waals surface area contributed by atoms with E-state index < -0.39 is 6.04 Å². The monoisotopic (exact) mass is 347 g/mol. The fourth-order valence-electron chi connectivity index (χ4n) is 2.59. The molecule has 1 atom stereocenters. The van der Waals surface area contributed by atoms with E-state index in [0.29, 0.717) is 6.54 Å². The summed E-state index contributed by atoms with van der Waals surface area (Å²) in [5.74, 6) is 1.14. The SMILES string of the molecule is CC(C)(C)C(NCc1csc(-c2ccc3c(c2)OCO3)n1)C(N)=O. The van der Waals surface area contributed by atoms with E-state index in [1.165, 1.54) is 0 Å². The van der Waals surface area contributed by atoms with E-state index >= 15 is 0 Å². The first-order valence-electron chi connectivity index (χ1n) is 7.72. The molecule has 128 valence electrons. The lowest BCUT2D eigenvalue weighted by atomic mass is 9.86. The number of ether oxygens (including phenoxy) is 2. The van der Waals surface area contributed by atoms with Crippen LogP contribution in [-0.2, 0) is 11.3 Å². The number of nitrogens with two attached hydrogens (primary N) is 1. The van der Waals surface area contributed by atoms with Gasteiger partial charge in [-0.25, -0.2) is 4.98 Å². The van der Waals surface area contributed by atoms with Crippen molar-refractivity contribution in [1.29, 1.82) is 0 Å². The second kappa shape index (κ2) is 6.41. The van der Waals surface area contributed by atoms with Gasteiger partial charge in [-0.1, -0.05) is 20.8 Å². The molecule has 3 N–H and O–H groups in total. The predicted octanol–water partition coefficient (Wildman–Crippen LogP) is 2.53. The Morgan fingerprint density at radius 1 is 1.38 bits per heavy atom. The molecule has 3 rings (SSSR count). The largest absolute Gasteiger partial charge is 0.454 e. The summed E-state index contributed by atoms with van der Waals surface area (Å²) in [6.45, 7) is 6.69. The molecule has 0 aliphatic carbocycles. The van der Waals surface area contributed by atoms with Crippen molar-refractivity contribution in [3.8, 4) is 22.1 Å². The quantitative estimate of drug-likeness (QED) is 0.868. The van der Waals surface area contributed by atoms with Gasteiger partial charge >= 0.3 is 0 Å². The molecule has 0 radical (unpaired) electrons. The van der Waals surface area contributed by atoms with Gasteiger partial charge in [0.2, 0.25) is 12.7 Å². The van der Waals surface area contributed by atoms with Crippen molar-refractivity contribution in [3.05, 3.63) is 29.3 Å². The zero-order chi connectivity index (χ0) is 17.3.